The lowest BCUT2D eigenvalue weighted by Gasteiger charge is -2.05. The molecule has 1 aromatic heterocycles. The summed E-state index contributed by atoms with van der Waals surface area (Å²) in [6.07, 6.45) is 1.54. The number of hydrogen-bond donors (Lipinski definition) is 4. The molecule has 2 rings (SSSR count). The van der Waals surface area contributed by atoms with E-state index in [1.807, 2.05) is 18.2 Å². The van der Waals surface area contributed by atoms with E-state index >= 15 is 0 Å². The number of carbonyl (C=O) groups is 2. The summed E-state index contributed by atoms with van der Waals surface area (Å²) in [5.41, 5.74) is 7.14. The fourth-order valence-corrected chi connectivity index (χ4v) is 2.48. The van der Waals surface area contributed by atoms with Gasteiger partial charge in [-0.25, -0.2) is 0 Å². The molecule has 0 radical (unpaired) electrons. The lowest BCUT2D eigenvalue weighted by molar-refractivity contribution is -0.125. The predicted octanol–water partition coefficient (Wildman–Crippen LogP) is 0.731. The minimum Gasteiger partial charge on any atom is -0.497 e. The summed E-state index contributed by atoms with van der Waals surface area (Å²) in [5, 5.41) is 6.17. The Balaban J connectivity index is 0.00000338. The van der Waals surface area contributed by atoms with Crippen LogP contribution in [0.5, 0.6) is 11.5 Å². The Kier molecular flexibility index (Phi) is 8.74. The molecule has 26 heavy (non-hydrogen) atoms. The molecule has 5 N–H and O–H groups in total. The van der Waals surface area contributed by atoms with E-state index < -0.39 is 0 Å². The number of aromatic amines is 1. The number of H-pyrrole nitrogens is 1. The molecular formula is C17H25ClN4O4. The number of benzene rings is 1. The number of carbonyl (C=O) groups excluding carboxylic acids is 2. The molecule has 0 saturated heterocycles. The van der Waals surface area contributed by atoms with E-state index in [0.717, 1.165) is 40.9 Å². The number of ether oxygens (including phenoxy) is 2. The minimum atomic E-state index is -0.349. The molecule has 2 aromatic rings. The lowest BCUT2D eigenvalue weighted by Crippen LogP contribution is -2.39. The number of hydrogen-bond acceptors (Lipinski definition) is 5. The van der Waals surface area contributed by atoms with Gasteiger partial charge < -0.3 is 30.8 Å². The minimum absolute atomic E-state index is 0. The van der Waals surface area contributed by atoms with E-state index in [0.29, 0.717) is 6.54 Å². The van der Waals surface area contributed by atoms with Gasteiger partial charge in [0.2, 0.25) is 11.8 Å². The largest absolute Gasteiger partial charge is 0.497 e. The molecule has 9 heteroatoms. The Hall–Kier alpha value is -2.45. The van der Waals surface area contributed by atoms with Crippen LogP contribution in [-0.4, -0.2) is 50.7 Å². The number of methoxy groups -OCH3 is 2. The summed E-state index contributed by atoms with van der Waals surface area (Å²) >= 11 is 0. The average molecular weight is 385 g/mol. The van der Waals surface area contributed by atoms with Gasteiger partial charge >= 0.3 is 0 Å². The van der Waals surface area contributed by atoms with Crippen LogP contribution in [0.3, 0.4) is 0 Å². The van der Waals surface area contributed by atoms with Crippen molar-refractivity contribution in [2.75, 3.05) is 33.9 Å². The fraction of sp³-hybridized carbons (Fsp3) is 0.412. The monoisotopic (exact) mass is 384 g/mol. The number of nitrogens with one attached hydrogen (secondary N) is 3. The number of fused-ring (bicyclic) bond motifs is 1. The molecule has 8 nitrogen and oxygen atoms in total. The molecule has 1 heterocycles. The van der Waals surface area contributed by atoms with E-state index in [1.165, 1.54) is 0 Å². The van der Waals surface area contributed by atoms with Crippen LogP contribution < -0.4 is 25.8 Å². The molecular weight excluding hydrogens is 360 g/mol. The SMILES string of the molecule is COc1cc(OC)c2cc(CCCNC(=O)CNC(=O)CN)[nH]c2c1.Cl. The highest BCUT2D eigenvalue weighted by atomic mass is 35.5. The standard InChI is InChI=1S/C17H24N4O4.ClH/c1-24-12-7-14-13(15(8-12)25-2)6-11(21-14)4-3-5-19-17(23)10-20-16(22)9-18;/h6-8,21H,3-5,9-10,18H2,1-2H3,(H,19,23)(H,20,22);1H. The summed E-state index contributed by atoms with van der Waals surface area (Å²) in [7, 11) is 3.24. The first-order chi connectivity index (χ1) is 12.1. The zero-order chi connectivity index (χ0) is 18.2. The number of rotatable bonds is 9. The third-order valence-corrected chi connectivity index (χ3v) is 3.76. The fourth-order valence-electron chi connectivity index (χ4n) is 2.48. The van der Waals surface area contributed by atoms with E-state index in [2.05, 4.69) is 15.6 Å². The first-order valence-electron chi connectivity index (χ1n) is 8.04. The van der Waals surface area contributed by atoms with E-state index in [4.69, 9.17) is 15.2 Å². The Morgan fingerprint density at radius 3 is 2.54 bits per heavy atom. The molecule has 0 unspecified atom stereocenters. The summed E-state index contributed by atoms with van der Waals surface area (Å²) < 4.78 is 10.7. The van der Waals surface area contributed by atoms with Crippen molar-refractivity contribution < 1.29 is 19.1 Å². The highest BCUT2D eigenvalue weighted by Crippen LogP contribution is 2.31. The molecule has 0 aliphatic carbocycles. The first kappa shape index (κ1) is 21.6. The average Bonchev–Trinajstić information content (AvgIpc) is 3.04. The second-order valence-electron chi connectivity index (χ2n) is 5.52. The van der Waals surface area contributed by atoms with Gasteiger partial charge in [-0.2, -0.15) is 0 Å². The van der Waals surface area contributed by atoms with Crippen LogP contribution in [0, 0.1) is 0 Å². The summed E-state index contributed by atoms with van der Waals surface area (Å²) in [4.78, 5) is 25.9. The molecule has 1 aromatic carbocycles. The van der Waals surface area contributed by atoms with Crippen molar-refractivity contribution in [1.82, 2.24) is 15.6 Å². The van der Waals surface area contributed by atoms with Gasteiger partial charge in [0.15, 0.2) is 0 Å². The molecule has 0 bridgehead atoms. The predicted molar refractivity (Wildman–Crippen MR) is 102 cm³/mol. The van der Waals surface area contributed by atoms with Crippen molar-refractivity contribution in [2.45, 2.75) is 12.8 Å². The topological polar surface area (TPSA) is 118 Å². The Morgan fingerprint density at radius 1 is 1.12 bits per heavy atom. The molecule has 0 saturated carbocycles. The molecule has 0 fully saturated rings. The number of halogens is 1. The van der Waals surface area contributed by atoms with Gasteiger partial charge in [0.05, 0.1) is 32.8 Å². The van der Waals surface area contributed by atoms with Gasteiger partial charge in [-0.3, -0.25) is 9.59 Å². The third-order valence-electron chi connectivity index (χ3n) is 3.76. The zero-order valence-electron chi connectivity index (χ0n) is 14.9. The number of aromatic nitrogens is 1. The van der Waals surface area contributed by atoms with E-state index in [9.17, 15) is 9.59 Å². The smallest absolute Gasteiger partial charge is 0.239 e. The van der Waals surface area contributed by atoms with Crippen LogP contribution in [0.25, 0.3) is 10.9 Å². The summed E-state index contributed by atoms with van der Waals surface area (Å²) in [5.74, 6) is 0.896. The van der Waals surface area contributed by atoms with Crippen LogP contribution in [0.15, 0.2) is 18.2 Å². The van der Waals surface area contributed by atoms with Gasteiger partial charge in [-0.15, -0.1) is 12.4 Å². The third kappa shape index (κ3) is 5.82. The van der Waals surface area contributed by atoms with E-state index in [-0.39, 0.29) is 37.3 Å². The Morgan fingerprint density at radius 2 is 1.88 bits per heavy atom. The van der Waals surface area contributed by atoms with Crippen LogP contribution in [0.4, 0.5) is 0 Å². The maximum Gasteiger partial charge on any atom is 0.239 e. The highest BCUT2D eigenvalue weighted by molar-refractivity contribution is 5.88. The molecule has 0 atom stereocenters. The van der Waals surface area contributed by atoms with Crippen molar-refractivity contribution in [3.63, 3.8) is 0 Å². The van der Waals surface area contributed by atoms with Crippen LogP contribution >= 0.6 is 12.4 Å². The van der Waals surface area contributed by atoms with Gasteiger partial charge in [0.1, 0.15) is 11.5 Å². The Labute approximate surface area is 158 Å². The van der Waals surface area contributed by atoms with Gasteiger partial charge in [0.25, 0.3) is 0 Å². The van der Waals surface area contributed by atoms with Crippen molar-refractivity contribution in [1.29, 1.82) is 0 Å². The maximum atomic E-state index is 11.6. The van der Waals surface area contributed by atoms with Crippen molar-refractivity contribution in [2.24, 2.45) is 5.73 Å². The van der Waals surface area contributed by atoms with E-state index in [1.54, 1.807) is 14.2 Å². The first-order valence-corrected chi connectivity index (χ1v) is 8.04. The molecule has 0 aliphatic rings. The maximum absolute atomic E-state index is 11.6. The second kappa shape index (κ2) is 10.5. The van der Waals surface area contributed by atoms with Crippen molar-refractivity contribution >= 4 is 35.1 Å². The summed E-state index contributed by atoms with van der Waals surface area (Å²) in [6, 6.07) is 5.80. The summed E-state index contributed by atoms with van der Waals surface area (Å²) in [6.45, 7) is 0.342. The quantitative estimate of drug-likeness (QED) is 0.475. The molecule has 144 valence electrons. The zero-order valence-corrected chi connectivity index (χ0v) is 15.7. The van der Waals surface area contributed by atoms with Crippen LogP contribution in [0.2, 0.25) is 0 Å². The van der Waals surface area contributed by atoms with Crippen molar-refractivity contribution in [3.05, 3.63) is 23.9 Å². The lowest BCUT2D eigenvalue weighted by atomic mass is 10.2. The van der Waals surface area contributed by atoms with Gasteiger partial charge in [0, 0.05) is 29.8 Å². The molecule has 0 spiro atoms. The van der Waals surface area contributed by atoms with Gasteiger partial charge in [-0.05, 0) is 18.9 Å². The van der Waals surface area contributed by atoms with Gasteiger partial charge in [-0.1, -0.05) is 0 Å². The normalized spacial score (nSPS) is 10.1. The molecule has 0 aliphatic heterocycles. The highest BCUT2D eigenvalue weighted by Gasteiger charge is 2.09. The van der Waals surface area contributed by atoms with Crippen molar-refractivity contribution in [3.8, 4) is 11.5 Å². The number of aryl methyl sites for hydroxylation is 1. The Bertz CT molecular complexity index is 748. The number of amides is 2. The molecule has 2 amide bonds. The van der Waals surface area contributed by atoms with Crippen LogP contribution in [0.1, 0.15) is 12.1 Å². The van der Waals surface area contributed by atoms with Crippen LogP contribution in [-0.2, 0) is 16.0 Å². The second-order valence-corrected chi connectivity index (χ2v) is 5.52. The number of nitrogens with two attached hydrogens (primary N) is 1.